The van der Waals surface area contributed by atoms with Crippen LogP contribution < -0.4 is 29.6 Å². The molecule has 0 spiro atoms. The van der Waals surface area contributed by atoms with Gasteiger partial charge in [0.05, 0.1) is 0 Å². The van der Waals surface area contributed by atoms with Crippen molar-refractivity contribution in [2.45, 2.75) is 6.18 Å². The standard InChI is InChI=1S/C4H3F3N2.Na.H/c5-4(6,7)3-1-2-8-9-3;;/h1-2H,(H,8,9);;/q;+1;-1. The summed E-state index contributed by atoms with van der Waals surface area (Å²) in [7, 11) is 0. The number of H-pyrrole nitrogens is 1. The first-order chi connectivity index (χ1) is 4.11. The maximum atomic E-state index is 11.5. The zero-order chi connectivity index (χ0) is 6.91. The van der Waals surface area contributed by atoms with Gasteiger partial charge in [-0.15, -0.1) is 0 Å². The van der Waals surface area contributed by atoms with Gasteiger partial charge in [-0.1, -0.05) is 0 Å². The molecule has 0 amide bonds. The Labute approximate surface area is 78.6 Å². The van der Waals surface area contributed by atoms with Crippen LogP contribution in [0.3, 0.4) is 0 Å². The molecule has 0 bridgehead atoms. The van der Waals surface area contributed by atoms with E-state index in [0.717, 1.165) is 12.3 Å². The summed E-state index contributed by atoms with van der Waals surface area (Å²) in [5, 5.41) is 4.95. The predicted molar refractivity (Wildman–Crippen MR) is 24.7 cm³/mol. The van der Waals surface area contributed by atoms with Crippen LogP contribution in [0.4, 0.5) is 13.2 Å². The van der Waals surface area contributed by atoms with Crippen molar-refractivity contribution in [2.24, 2.45) is 0 Å². The van der Waals surface area contributed by atoms with Crippen molar-refractivity contribution >= 4 is 0 Å². The summed E-state index contributed by atoms with van der Waals surface area (Å²) >= 11 is 0. The Morgan fingerprint density at radius 1 is 1.50 bits per heavy atom. The van der Waals surface area contributed by atoms with Gasteiger partial charge in [0.25, 0.3) is 0 Å². The van der Waals surface area contributed by atoms with Crippen molar-refractivity contribution in [1.82, 2.24) is 10.2 Å². The van der Waals surface area contributed by atoms with Crippen LogP contribution in [0.5, 0.6) is 0 Å². The summed E-state index contributed by atoms with van der Waals surface area (Å²) in [5.74, 6) is 0. The van der Waals surface area contributed by atoms with E-state index in [1.54, 1.807) is 5.10 Å². The molecule has 0 atom stereocenters. The van der Waals surface area contributed by atoms with Crippen molar-refractivity contribution in [2.75, 3.05) is 0 Å². The smallest absolute Gasteiger partial charge is 1.00 e. The molecule has 1 heterocycles. The molecule has 6 heteroatoms. The minimum Gasteiger partial charge on any atom is -1.00 e. The monoisotopic (exact) mass is 160 g/mol. The molecule has 1 aromatic heterocycles. The van der Waals surface area contributed by atoms with Crippen LogP contribution in [-0.2, 0) is 6.18 Å². The zero-order valence-electron chi connectivity index (χ0n) is 6.24. The number of aromatic nitrogens is 2. The molecular weight excluding hydrogens is 156 g/mol. The van der Waals surface area contributed by atoms with Crippen molar-refractivity contribution < 1.29 is 44.2 Å². The van der Waals surface area contributed by atoms with Gasteiger partial charge in [-0.3, -0.25) is 5.10 Å². The van der Waals surface area contributed by atoms with E-state index in [-0.39, 0.29) is 31.0 Å². The van der Waals surface area contributed by atoms with Crippen LogP contribution in [-0.4, -0.2) is 10.2 Å². The van der Waals surface area contributed by atoms with Crippen LogP contribution in [0.2, 0.25) is 0 Å². The minimum absolute atomic E-state index is 0. The van der Waals surface area contributed by atoms with Crippen molar-refractivity contribution in [1.29, 1.82) is 0 Å². The van der Waals surface area contributed by atoms with Gasteiger partial charge in [-0.05, 0) is 6.07 Å². The molecule has 0 aliphatic rings. The van der Waals surface area contributed by atoms with Gasteiger partial charge < -0.3 is 1.43 Å². The molecule has 0 aromatic carbocycles. The molecule has 10 heavy (non-hydrogen) atoms. The number of hydrogen-bond acceptors (Lipinski definition) is 1. The van der Waals surface area contributed by atoms with E-state index < -0.39 is 11.9 Å². The second kappa shape index (κ2) is 3.41. The molecule has 2 nitrogen and oxygen atoms in total. The summed E-state index contributed by atoms with van der Waals surface area (Å²) in [6.45, 7) is 0. The molecule has 1 rings (SSSR count). The van der Waals surface area contributed by atoms with E-state index in [0.29, 0.717) is 0 Å². The van der Waals surface area contributed by atoms with Gasteiger partial charge >= 0.3 is 35.7 Å². The Morgan fingerprint density at radius 2 is 2.10 bits per heavy atom. The average molecular weight is 160 g/mol. The molecule has 1 N–H and O–H groups in total. The first-order valence-corrected chi connectivity index (χ1v) is 2.17. The molecule has 0 radical (unpaired) electrons. The zero-order valence-corrected chi connectivity index (χ0v) is 7.24. The quantitative estimate of drug-likeness (QED) is 0.462. The van der Waals surface area contributed by atoms with E-state index >= 15 is 0 Å². The molecule has 0 fully saturated rings. The predicted octanol–water partition coefficient (Wildman–Crippen LogP) is -1.46. The van der Waals surface area contributed by atoms with Gasteiger partial charge in [0, 0.05) is 6.20 Å². The Bertz CT molecular complexity index is 186. The van der Waals surface area contributed by atoms with Gasteiger partial charge in [0.1, 0.15) is 5.69 Å². The average Bonchev–Trinajstić information content (AvgIpc) is 2.08. The third kappa shape index (κ3) is 2.32. The molecule has 0 saturated carbocycles. The van der Waals surface area contributed by atoms with Crippen LogP contribution in [0.25, 0.3) is 0 Å². The SMILES string of the molecule is FC(F)(F)c1ccn[nH]1.[H-].[Na+]. The van der Waals surface area contributed by atoms with Gasteiger partial charge in [-0.2, -0.15) is 18.3 Å². The first-order valence-electron chi connectivity index (χ1n) is 2.17. The van der Waals surface area contributed by atoms with Gasteiger partial charge in [0.15, 0.2) is 0 Å². The van der Waals surface area contributed by atoms with E-state index in [9.17, 15) is 13.2 Å². The van der Waals surface area contributed by atoms with Crippen molar-refractivity contribution in [3.63, 3.8) is 0 Å². The number of nitrogens with one attached hydrogen (secondary N) is 1. The summed E-state index contributed by atoms with van der Waals surface area (Å²) in [6, 6.07) is 0.875. The maximum Gasteiger partial charge on any atom is 1.00 e. The molecule has 0 saturated heterocycles. The summed E-state index contributed by atoms with van der Waals surface area (Å²) < 4.78 is 34.6. The second-order valence-electron chi connectivity index (χ2n) is 1.47. The number of hydrogen-bond donors (Lipinski definition) is 1. The summed E-state index contributed by atoms with van der Waals surface area (Å²) in [4.78, 5) is 0. The largest absolute Gasteiger partial charge is 1.00 e. The number of alkyl halides is 3. The van der Waals surface area contributed by atoms with Crippen molar-refractivity contribution in [3.8, 4) is 0 Å². The van der Waals surface area contributed by atoms with Gasteiger partial charge in [0.2, 0.25) is 0 Å². The third-order valence-electron chi connectivity index (χ3n) is 0.806. The molecule has 52 valence electrons. The summed E-state index contributed by atoms with van der Waals surface area (Å²) in [5.41, 5.74) is -0.817. The van der Waals surface area contributed by atoms with Crippen LogP contribution >= 0.6 is 0 Å². The number of nitrogens with zero attached hydrogens (tertiary/aromatic N) is 1. The number of rotatable bonds is 0. The Kier molecular flexibility index (Phi) is 3.41. The first kappa shape index (κ1) is 10.0. The maximum absolute atomic E-state index is 11.5. The van der Waals surface area contributed by atoms with E-state index in [2.05, 4.69) is 5.10 Å². The fraction of sp³-hybridized carbons (Fsp3) is 0.250. The Hall–Kier alpha value is 0. The fourth-order valence-corrected chi connectivity index (χ4v) is 0.414. The summed E-state index contributed by atoms with van der Waals surface area (Å²) in [6.07, 6.45) is -3.24. The number of aromatic amines is 1. The Morgan fingerprint density at radius 3 is 2.30 bits per heavy atom. The van der Waals surface area contributed by atoms with E-state index in [1.165, 1.54) is 0 Å². The van der Waals surface area contributed by atoms with Crippen LogP contribution in [0, 0.1) is 0 Å². The number of halogens is 3. The van der Waals surface area contributed by atoms with E-state index in [1.807, 2.05) is 0 Å². The van der Waals surface area contributed by atoms with Crippen LogP contribution in [0.15, 0.2) is 12.3 Å². The second-order valence-corrected chi connectivity index (χ2v) is 1.47. The third-order valence-corrected chi connectivity index (χ3v) is 0.806. The fourth-order valence-electron chi connectivity index (χ4n) is 0.414. The van der Waals surface area contributed by atoms with E-state index in [4.69, 9.17) is 0 Å². The Balaban J connectivity index is 0. The molecule has 0 aliphatic heterocycles. The van der Waals surface area contributed by atoms with Crippen LogP contribution in [0.1, 0.15) is 7.12 Å². The molecule has 1 aromatic rings. The normalized spacial score (nSPS) is 10.7. The molecule has 0 unspecified atom stereocenters. The molecular formula is C4H4F3N2Na. The molecule has 0 aliphatic carbocycles. The van der Waals surface area contributed by atoms with Crippen molar-refractivity contribution in [3.05, 3.63) is 18.0 Å². The topological polar surface area (TPSA) is 28.7 Å². The van der Waals surface area contributed by atoms with Gasteiger partial charge in [-0.25, -0.2) is 0 Å². The minimum atomic E-state index is -4.30.